The molecule has 23 heavy (non-hydrogen) atoms. The van der Waals surface area contributed by atoms with E-state index < -0.39 is 0 Å². The highest BCUT2D eigenvalue weighted by molar-refractivity contribution is 7.13. The zero-order valence-corrected chi connectivity index (χ0v) is 13.8. The van der Waals surface area contributed by atoms with Crippen molar-refractivity contribution >= 4 is 47.5 Å². The van der Waals surface area contributed by atoms with Crippen LogP contribution < -0.4 is 0 Å². The minimum absolute atomic E-state index is 0.250. The molecule has 0 aromatic carbocycles. The third-order valence-corrected chi connectivity index (χ3v) is 3.68. The number of rotatable bonds is 2. The Morgan fingerprint density at radius 1 is 0.913 bits per heavy atom. The van der Waals surface area contributed by atoms with Crippen molar-refractivity contribution in [3.63, 3.8) is 0 Å². The molecule has 0 amide bonds. The molecular weight excluding hydrogens is 342 g/mol. The maximum atomic E-state index is 10.0. The quantitative estimate of drug-likeness (QED) is 0.383. The number of hydrogen-bond donors (Lipinski definition) is 1. The van der Waals surface area contributed by atoms with E-state index in [0.717, 1.165) is 16.0 Å². The lowest BCUT2D eigenvalue weighted by Crippen LogP contribution is -1.67. The Bertz CT molecular complexity index is 650. The van der Waals surface area contributed by atoms with Crippen molar-refractivity contribution in [3.8, 4) is 0 Å². The molecule has 0 radical (unpaired) electrons. The molecule has 2 rings (SSSR count). The maximum absolute atomic E-state index is 10.0. The first-order chi connectivity index (χ1) is 11.0. The van der Waals surface area contributed by atoms with Crippen molar-refractivity contribution in [2.24, 2.45) is 5.16 Å². The van der Waals surface area contributed by atoms with Crippen LogP contribution in [0.3, 0.4) is 0 Å². The molecule has 2 heterocycles. The summed E-state index contributed by atoms with van der Waals surface area (Å²) in [6, 6.07) is 7.67. The Labute approximate surface area is 139 Å². The van der Waals surface area contributed by atoms with E-state index in [1.54, 1.807) is 11.3 Å². The molecule has 0 fully saturated rings. The van der Waals surface area contributed by atoms with Crippen molar-refractivity contribution in [2.45, 2.75) is 13.8 Å². The van der Waals surface area contributed by atoms with Gasteiger partial charge in [-0.2, -0.15) is 19.2 Å². The van der Waals surface area contributed by atoms with Crippen LogP contribution in [0.5, 0.6) is 0 Å². The van der Waals surface area contributed by atoms with Crippen molar-refractivity contribution in [2.75, 3.05) is 0 Å². The first-order valence-electron chi connectivity index (χ1n) is 5.73. The standard InChI is InChI=1S/C6H7NOS.C6H6OS.2CO2/c1-5-2-3-6(9-5)4-7-8;1-5-2-3-6(4-7)8-5;2*2-1-3/h2-4,8H,1H3;2-4H,1H3;;/b7-4+;;;. The molecule has 9 heteroatoms. The third-order valence-electron chi connectivity index (χ3n) is 1.82. The number of carbonyl (C=O) groups is 1. The number of hydrogen-bond acceptors (Lipinski definition) is 9. The summed E-state index contributed by atoms with van der Waals surface area (Å²) in [4.78, 5) is 46.7. The second-order valence-electron chi connectivity index (χ2n) is 3.43. The van der Waals surface area contributed by atoms with Gasteiger partial charge in [-0.05, 0) is 38.1 Å². The number of aryl methyl sites for hydroxylation is 2. The summed E-state index contributed by atoms with van der Waals surface area (Å²) in [5, 5.41) is 11.0. The van der Waals surface area contributed by atoms with Crippen LogP contribution in [0.15, 0.2) is 29.4 Å². The summed E-state index contributed by atoms with van der Waals surface area (Å²) in [7, 11) is 0. The Hall–Kier alpha value is -2.70. The van der Waals surface area contributed by atoms with E-state index in [1.807, 2.05) is 38.1 Å². The number of oxime groups is 1. The molecule has 2 aromatic heterocycles. The zero-order chi connectivity index (χ0) is 18.1. The van der Waals surface area contributed by atoms with Crippen LogP contribution in [0.1, 0.15) is 24.3 Å². The molecule has 0 aliphatic carbocycles. The van der Waals surface area contributed by atoms with E-state index in [4.69, 9.17) is 24.4 Å². The lowest BCUT2D eigenvalue weighted by atomic mass is 10.4. The van der Waals surface area contributed by atoms with E-state index in [2.05, 4.69) is 5.16 Å². The summed E-state index contributed by atoms with van der Waals surface area (Å²) >= 11 is 3.12. The molecule has 7 nitrogen and oxygen atoms in total. The molecule has 0 aliphatic heterocycles. The highest BCUT2D eigenvalue weighted by Gasteiger charge is 1.90. The smallest absolute Gasteiger partial charge is 0.373 e. The van der Waals surface area contributed by atoms with Gasteiger partial charge in [0.2, 0.25) is 0 Å². The van der Waals surface area contributed by atoms with E-state index in [-0.39, 0.29) is 12.3 Å². The Balaban J connectivity index is 0. The molecule has 0 saturated carbocycles. The van der Waals surface area contributed by atoms with Crippen LogP contribution in [0.25, 0.3) is 0 Å². The molecule has 2 aromatic rings. The number of aldehydes is 1. The van der Waals surface area contributed by atoms with Crippen molar-refractivity contribution < 1.29 is 29.2 Å². The van der Waals surface area contributed by atoms with Crippen molar-refractivity contribution in [1.82, 2.24) is 0 Å². The van der Waals surface area contributed by atoms with Gasteiger partial charge in [0, 0.05) is 14.6 Å². The summed E-state index contributed by atoms with van der Waals surface area (Å²) < 4.78 is 0. The highest BCUT2D eigenvalue weighted by atomic mass is 32.1. The van der Waals surface area contributed by atoms with Gasteiger partial charge in [0.1, 0.15) is 0 Å². The van der Waals surface area contributed by atoms with Gasteiger partial charge in [-0.3, -0.25) is 4.79 Å². The highest BCUT2D eigenvalue weighted by Crippen LogP contribution is 2.12. The Morgan fingerprint density at radius 3 is 1.52 bits per heavy atom. The van der Waals surface area contributed by atoms with E-state index in [9.17, 15) is 4.79 Å². The zero-order valence-electron chi connectivity index (χ0n) is 12.2. The van der Waals surface area contributed by atoms with Crippen LogP contribution in [0.2, 0.25) is 0 Å². The summed E-state index contributed by atoms with van der Waals surface area (Å²) in [6.07, 6.45) is 2.80. The van der Waals surface area contributed by atoms with Gasteiger partial charge in [0.05, 0.1) is 11.1 Å². The van der Waals surface area contributed by atoms with Gasteiger partial charge < -0.3 is 5.21 Å². The summed E-state index contributed by atoms with van der Waals surface area (Å²) in [6.45, 7) is 4.00. The Morgan fingerprint density at radius 2 is 1.30 bits per heavy atom. The largest absolute Gasteiger partial charge is 0.411 e. The second kappa shape index (κ2) is 15.7. The van der Waals surface area contributed by atoms with Crippen LogP contribution in [0, 0.1) is 13.8 Å². The van der Waals surface area contributed by atoms with E-state index >= 15 is 0 Å². The predicted octanol–water partition coefficient (Wildman–Crippen LogP) is 2.57. The molecule has 0 saturated heterocycles. The van der Waals surface area contributed by atoms with Crippen LogP contribution in [-0.2, 0) is 19.2 Å². The maximum Gasteiger partial charge on any atom is 0.373 e. The normalized spacial score (nSPS) is 8.09. The minimum atomic E-state index is 0.250. The second-order valence-corrected chi connectivity index (χ2v) is 6.06. The van der Waals surface area contributed by atoms with Gasteiger partial charge in [-0.25, -0.2) is 0 Å². The molecule has 0 atom stereocenters. The average Bonchev–Trinajstić information content (AvgIpc) is 3.10. The van der Waals surface area contributed by atoms with E-state index in [1.165, 1.54) is 27.3 Å². The minimum Gasteiger partial charge on any atom is -0.411 e. The number of carbonyl (C=O) groups excluding carboxylic acids is 5. The monoisotopic (exact) mass is 355 g/mol. The van der Waals surface area contributed by atoms with Crippen molar-refractivity contribution in [1.29, 1.82) is 0 Å². The average molecular weight is 355 g/mol. The molecular formula is C14H13NO6S2. The van der Waals surface area contributed by atoms with Gasteiger partial charge >= 0.3 is 12.3 Å². The Kier molecular flexibility index (Phi) is 15.4. The summed E-state index contributed by atoms with van der Waals surface area (Å²) in [5.41, 5.74) is 0. The summed E-state index contributed by atoms with van der Waals surface area (Å²) in [5.74, 6) is 0. The van der Waals surface area contributed by atoms with Crippen LogP contribution in [-0.4, -0.2) is 30.0 Å². The molecule has 122 valence electrons. The molecule has 1 N–H and O–H groups in total. The SMILES string of the molecule is Cc1ccc(/C=N/O)s1.Cc1ccc(C=O)s1.O=C=O.O=C=O. The van der Waals surface area contributed by atoms with Gasteiger partial charge in [-0.1, -0.05) is 5.16 Å². The van der Waals surface area contributed by atoms with Crippen molar-refractivity contribution in [3.05, 3.63) is 43.8 Å². The van der Waals surface area contributed by atoms with Crippen LogP contribution >= 0.6 is 22.7 Å². The van der Waals surface area contributed by atoms with Crippen LogP contribution in [0.4, 0.5) is 0 Å². The number of nitrogens with zero attached hydrogens (tertiary/aromatic N) is 1. The lowest BCUT2D eigenvalue weighted by Gasteiger charge is -1.75. The first-order valence-corrected chi connectivity index (χ1v) is 7.36. The first kappa shape index (κ1) is 22.6. The molecule has 0 aliphatic rings. The predicted molar refractivity (Wildman–Crippen MR) is 82.9 cm³/mol. The molecule has 0 unspecified atom stereocenters. The molecule has 0 bridgehead atoms. The fraction of sp³-hybridized carbons (Fsp3) is 0.143. The molecule has 0 spiro atoms. The fourth-order valence-electron chi connectivity index (χ4n) is 1.10. The van der Waals surface area contributed by atoms with Gasteiger partial charge in [0.25, 0.3) is 0 Å². The third kappa shape index (κ3) is 14.0. The fourth-order valence-corrected chi connectivity index (χ4v) is 2.53. The number of thiophene rings is 2. The van der Waals surface area contributed by atoms with Gasteiger partial charge in [-0.15, -0.1) is 22.7 Å². The lowest BCUT2D eigenvalue weighted by molar-refractivity contribution is -0.193. The van der Waals surface area contributed by atoms with E-state index in [0.29, 0.717) is 0 Å². The topological polar surface area (TPSA) is 118 Å². The van der Waals surface area contributed by atoms with Gasteiger partial charge in [0.15, 0.2) is 6.29 Å².